The maximum atomic E-state index is 5.74. The fourth-order valence-electron chi connectivity index (χ4n) is 2.74. The van der Waals surface area contributed by atoms with Crippen molar-refractivity contribution >= 4 is 12.4 Å². The van der Waals surface area contributed by atoms with Crippen molar-refractivity contribution in [2.75, 3.05) is 7.11 Å². The molecule has 3 nitrogen and oxygen atoms in total. The SMILES string of the molecule is COc1cc(CNC2CCCCC2)ccc1OC(C)C.Cl. The van der Waals surface area contributed by atoms with E-state index in [1.54, 1.807) is 7.11 Å². The third-order valence-electron chi connectivity index (χ3n) is 3.79. The Hall–Kier alpha value is -0.930. The van der Waals surface area contributed by atoms with E-state index in [9.17, 15) is 0 Å². The summed E-state index contributed by atoms with van der Waals surface area (Å²) in [4.78, 5) is 0. The van der Waals surface area contributed by atoms with Gasteiger partial charge in [0, 0.05) is 12.6 Å². The first kappa shape index (κ1) is 18.1. The van der Waals surface area contributed by atoms with Gasteiger partial charge in [-0.05, 0) is 44.4 Å². The zero-order valence-corrected chi connectivity index (χ0v) is 14.2. The van der Waals surface area contributed by atoms with Gasteiger partial charge >= 0.3 is 0 Å². The lowest BCUT2D eigenvalue weighted by Crippen LogP contribution is -2.30. The molecule has 1 saturated carbocycles. The van der Waals surface area contributed by atoms with E-state index in [0.29, 0.717) is 6.04 Å². The van der Waals surface area contributed by atoms with Gasteiger partial charge in [0.05, 0.1) is 13.2 Å². The highest BCUT2D eigenvalue weighted by atomic mass is 35.5. The lowest BCUT2D eigenvalue weighted by atomic mass is 9.95. The Morgan fingerprint density at radius 1 is 1.14 bits per heavy atom. The van der Waals surface area contributed by atoms with E-state index in [0.717, 1.165) is 18.0 Å². The molecular formula is C17H28ClNO2. The molecule has 1 aromatic rings. The summed E-state index contributed by atoms with van der Waals surface area (Å²) >= 11 is 0. The molecule has 0 heterocycles. The minimum absolute atomic E-state index is 0. The van der Waals surface area contributed by atoms with E-state index in [2.05, 4.69) is 17.4 Å². The minimum atomic E-state index is 0. The molecule has 0 aromatic heterocycles. The number of ether oxygens (including phenoxy) is 2. The third-order valence-corrected chi connectivity index (χ3v) is 3.79. The molecule has 0 saturated heterocycles. The predicted octanol–water partition coefficient (Wildman–Crippen LogP) is 4.33. The summed E-state index contributed by atoms with van der Waals surface area (Å²) in [6.07, 6.45) is 6.91. The average Bonchev–Trinajstić information content (AvgIpc) is 2.46. The molecule has 0 atom stereocenters. The van der Waals surface area contributed by atoms with Crippen molar-refractivity contribution in [3.63, 3.8) is 0 Å². The number of nitrogens with one attached hydrogen (secondary N) is 1. The molecular weight excluding hydrogens is 286 g/mol. The highest BCUT2D eigenvalue weighted by molar-refractivity contribution is 5.85. The summed E-state index contributed by atoms with van der Waals surface area (Å²) in [5.41, 5.74) is 1.25. The Bertz CT molecular complexity index is 417. The first-order chi connectivity index (χ1) is 9.69. The highest BCUT2D eigenvalue weighted by Gasteiger charge is 2.13. The van der Waals surface area contributed by atoms with Gasteiger partial charge in [-0.1, -0.05) is 25.3 Å². The van der Waals surface area contributed by atoms with Gasteiger partial charge in [-0.15, -0.1) is 12.4 Å². The Balaban J connectivity index is 0.00000220. The maximum absolute atomic E-state index is 5.74. The smallest absolute Gasteiger partial charge is 0.161 e. The van der Waals surface area contributed by atoms with Crippen LogP contribution >= 0.6 is 12.4 Å². The molecule has 0 amide bonds. The van der Waals surface area contributed by atoms with Crippen molar-refractivity contribution in [3.8, 4) is 11.5 Å². The fourth-order valence-corrected chi connectivity index (χ4v) is 2.74. The molecule has 120 valence electrons. The van der Waals surface area contributed by atoms with Crippen LogP contribution in [0.25, 0.3) is 0 Å². The van der Waals surface area contributed by atoms with Crippen LogP contribution in [0.1, 0.15) is 51.5 Å². The lowest BCUT2D eigenvalue weighted by Gasteiger charge is -2.23. The van der Waals surface area contributed by atoms with Crippen molar-refractivity contribution in [1.82, 2.24) is 5.32 Å². The summed E-state index contributed by atoms with van der Waals surface area (Å²) < 4.78 is 11.2. The molecule has 21 heavy (non-hydrogen) atoms. The molecule has 0 radical (unpaired) electrons. The van der Waals surface area contributed by atoms with Gasteiger partial charge in [-0.2, -0.15) is 0 Å². The Labute approximate surface area is 134 Å². The van der Waals surface area contributed by atoms with E-state index >= 15 is 0 Å². The molecule has 0 spiro atoms. The number of rotatable bonds is 6. The number of methoxy groups -OCH3 is 1. The number of hydrogen-bond donors (Lipinski definition) is 1. The van der Waals surface area contributed by atoms with Crippen LogP contribution in [0.5, 0.6) is 11.5 Å². The molecule has 1 N–H and O–H groups in total. The predicted molar refractivity (Wildman–Crippen MR) is 89.7 cm³/mol. The van der Waals surface area contributed by atoms with Crippen LogP contribution in [0.2, 0.25) is 0 Å². The van der Waals surface area contributed by atoms with Crippen LogP contribution in [0.4, 0.5) is 0 Å². The second-order valence-corrected chi connectivity index (χ2v) is 5.87. The Kier molecular flexibility index (Phi) is 7.91. The highest BCUT2D eigenvalue weighted by Crippen LogP contribution is 2.29. The zero-order valence-electron chi connectivity index (χ0n) is 13.4. The summed E-state index contributed by atoms with van der Waals surface area (Å²) in [6.45, 7) is 4.96. The summed E-state index contributed by atoms with van der Waals surface area (Å²) in [5, 5.41) is 3.65. The molecule has 1 fully saturated rings. The van der Waals surface area contributed by atoms with E-state index < -0.39 is 0 Å². The van der Waals surface area contributed by atoms with Crippen LogP contribution in [0.3, 0.4) is 0 Å². The fraction of sp³-hybridized carbons (Fsp3) is 0.647. The molecule has 0 bridgehead atoms. The zero-order chi connectivity index (χ0) is 14.4. The van der Waals surface area contributed by atoms with Crippen molar-refractivity contribution in [3.05, 3.63) is 23.8 Å². The number of benzene rings is 1. The monoisotopic (exact) mass is 313 g/mol. The average molecular weight is 314 g/mol. The summed E-state index contributed by atoms with van der Waals surface area (Å²) in [5.74, 6) is 1.64. The van der Waals surface area contributed by atoms with Crippen molar-refractivity contribution in [2.24, 2.45) is 0 Å². The van der Waals surface area contributed by atoms with Gasteiger partial charge in [-0.3, -0.25) is 0 Å². The molecule has 0 unspecified atom stereocenters. The largest absolute Gasteiger partial charge is 0.493 e. The Morgan fingerprint density at radius 2 is 1.86 bits per heavy atom. The minimum Gasteiger partial charge on any atom is -0.493 e. The van der Waals surface area contributed by atoms with E-state index in [1.165, 1.54) is 37.7 Å². The molecule has 1 aliphatic rings. The first-order valence-corrected chi connectivity index (χ1v) is 7.76. The summed E-state index contributed by atoms with van der Waals surface area (Å²) in [7, 11) is 1.70. The van der Waals surface area contributed by atoms with Crippen molar-refractivity contribution in [2.45, 2.75) is 64.6 Å². The van der Waals surface area contributed by atoms with E-state index in [4.69, 9.17) is 9.47 Å². The summed E-state index contributed by atoms with van der Waals surface area (Å²) in [6, 6.07) is 6.89. The number of halogens is 1. The molecule has 0 aliphatic heterocycles. The second-order valence-electron chi connectivity index (χ2n) is 5.87. The van der Waals surface area contributed by atoms with Crippen LogP contribution < -0.4 is 14.8 Å². The molecule has 1 aliphatic carbocycles. The number of hydrogen-bond acceptors (Lipinski definition) is 3. The topological polar surface area (TPSA) is 30.5 Å². The van der Waals surface area contributed by atoms with Crippen molar-refractivity contribution < 1.29 is 9.47 Å². The Morgan fingerprint density at radius 3 is 2.48 bits per heavy atom. The van der Waals surface area contributed by atoms with Crippen molar-refractivity contribution in [1.29, 1.82) is 0 Å². The molecule has 4 heteroatoms. The standard InChI is InChI=1S/C17H27NO2.ClH/c1-13(2)20-16-10-9-14(11-17(16)19-3)12-18-15-7-5-4-6-8-15;/h9-11,13,15,18H,4-8,12H2,1-3H3;1H. The van der Waals surface area contributed by atoms with Gasteiger partial charge in [0.2, 0.25) is 0 Å². The first-order valence-electron chi connectivity index (χ1n) is 7.76. The van der Waals surface area contributed by atoms with E-state index in [1.807, 2.05) is 19.9 Å². The van der Waals surface area contributed by atoms with Gasteiger partial charge in [-0.25, -0.2) is 0 Å². The van der Waals surface area contributed by atoms with Gasteiger partial charge in [0.15, 0.2) is 11.5 Å². The molecule has 1 aromatic carbocycles. The molecule has 2 rings (SSSR count). The van der Waals surface area contributed by atoms with Crippen LogP contribution in [0, 0.1) is 0 Å². The quantitative estimate of drug-likeness (QED) is 0.848. The third kappa shape index (κ3) is 5.76. The maximum Gasteiger partial charge on any atom is 0.161 e. The van der Waals surface area contributed by atoms with Crippen LogP contribution in [0.15, 0.2) is 18.2 Å². The van der Waals surface area contributed by atoms with Gasteiger partial charge < -0.3 is 14.8 Å². The van der Waals surface area contributed by atoms with Crippen LogP contribution in [-0.2, 0) is 6.54 Å². The normalized spacial score (nSPS) is 15.6. The van der Waals surface area contributed by atoms with Gasteiger partial charge in [0.1, 0.15) is 0 Å². The van der Waals surface area contributed by atoms with E-state index in [-0.39, 0.29) is 18.5 Å². The van der Waals surface area contributed by atoms with Gasteiger partial charge in [0.25, 0.3) is 0 Å². The lowest BCUT2D eigenvalue weighted by molar-refractivity contribution is 0.230. The second kappa shape index (κ2) is 9.16. The van der Waals surface area contributed by atoms with Crippen LogP contribution in [-0.4, -0.2) is 19.3 Å².